The fourth-order valence-corrected chi connectivity index (χ4v) is 2.83. The molecule has 6 heteroatoms. The molecule has 2 rings (SSSR count). The smallest absolute Gasteiger partial charge is 0.134 e. The molecule has 1 fully saturated rings. The van der Waals surface area contributed by atoms with Crippen molar-refractivity contribution >= 4 is 23.0 Å². The maximum Gasteiger partial charge on any atom is 0.134 e. The average Bonchev–Trinajstić information content (AvgIpc) is 2.79. The maximum absolute atomic E-state index is 5.76. The summed E-state index contributed by atoms with van der Waals surface area (Å²) in [6, 6.07) is 0. The van der Waals surface area contributed by atoms with E-state index in [1.165, 1.54) is 13.0 Å². The molecule has 1 saturated heterocycles. The highest BCUT2D eigenvalue weighted by atomic mass is 32.1. The zero-order chi connectivity index (χ0) is 13.3. The molecule has 5 nitrogen and oxygen atoms in total. The minimum atomic E-state index is 0.409. The molecule has 1 aromatic rings. The van der Waals surface area contributed by atoms with Crippen molar-refractivity contribution in [1.29, 1.82) is 0 Å². The summed E-state index contributed by atoms with van der Waals surface area (Å²) in [5, 5.41) is 7.82. The van der Waals surface area contributed by atoms with Gasteiger partial charge in [-0.3, -0.25) is 4.68 Å². The Morgan fingerprint density at radius 2 is 2.28 bits per heavy atom. The first-order chi connectivity index (χ1) is 8.49. The van der Waals surface area contributed by atoms with Gasteiger partial charge in [0.25, 0.3) is 0 Å². The molecule has 3 N–H and O–H groups in total. The Morgan fingerprint density at radius 1 is 1.56 bits per heavy atom. The van der Waals surface area contributed by atoms with Crippen LogP contribution in [-0.4, -0.2) is 46.4 Å². The third-order valence-corrected chi connectivity index (χ3v) is 3.72. The Morgan fingerprint density at radius 3 is 2.83 bits per heavy atom. The molecular weight excluding hydrogens is 246 g/mol. The Balaban J connectivity index is 2.07. The van der Waals surface area contributed by atoms with E-state index in [1.54, 1.807) is 0 Å². The number of hydrogen-bond donors (Lipinski definition) is 2. The van der Waals surface area contributed by atoms with Gasteiger partial charge in [-0.25, -0.2) is 0 Å². The van der Waals surface area contributed by atoms with Crippen LogP contribution in [0.25, 0.3) is 0 Å². The minimum Gasteiger partial charge on any atom is -0.389 e. The van der Waals surface area contributed by atoms with Crippen molar-refractivity contribution in [3.8, 4) is 0 Å². The molecule has 1 atom stereocenters. The highest BCUT2D eigenvalue weighted by molar-refractivity contribution is 7.80. The fraction of sp³-hybridized carbons (Fsp3) is 0.667. The van der Waals surface area contributed by atoms with Crippen LogP contribution in [0.2, 0.25) is 0 Å². The molecule has 2 heterocycles. The minimum absolute atomic E-state index is 0.409. The van der Waals surface area contributed by atoms with E-state index in [1.807, 2.05) is 18.7 Å². The zero-order valence-electron chi connectivity index (χ0n) is 11.2. The first-order valence-corrected chi connectivity index (χ1v) is 6.65. The largest absolute Gasteiger partial charge is 0.389 e. The zero-order valence-corrected chi connectivity index (χ0v) is 12.0. The number of nitrogens with zero attached hydrogens (tertiary/aromatic N) is 3. The highest BCUT2D eigenvalue weighted by Crippen LogP contribution is 2.21. The first kappa shape index (κ1) is 13.3. The second-order valence-corrected chi connectivity index (χ2v) is 5.53. The number of aryl methyl sites for hydroxylation is 2. The Hall–Kier alpha value is -1.14. The van der Waals surface area contributed by atoms with Gasteiger partial charge in [-0.1, -0.05) is 12.2 Å². The summed E-state index contributed by atoms with van der Waals surface area (Å²) in [7, 11) is 4.08. The van der Waals surface area contributed by atoms with Crippen LogP contribution in [-0.2, 0) is 7.05 Å². The van der Waals surface area contributed by atoms with E-state index in [0.717, 1.165) is 30.2 Å². The Labute approximate surface area is 113 Å². The summed E-state index contributed by atoms with van der Waals surface area (Å²) in [4.78, 5) is 2.77. The van der Waals surface area contributed by atoms with E-state index in [-0.39, 0.29) is 0 Å². The maximum atomic E-state index is 5.76. The number of hydrogen-bond acceptors (Lipinski definition) is 4. The lowest BCUT2D eigenvalue weighted by atomic mass is 10.1. The molecule has 100 valence electrons. The summed E-state index contributed by atoms with van der Waals surface area (Å²) < 4.78 is 1.82. The molecule has 0 aliphatic carbocycles. The number of likely N-dealkylation sites (tertiary alicyclic amines) is 1. The molecule has 0 radical (unpaired) electrons. The molecule has 0 spiro atoms. The summed E-state index contributed by atoms with van der Waals surface area (Å²) in [6.45, 7) is 5.20. The summed E-state index contributed by atoms with van der Waals surface area (Å²) in [6.07, 6.45) is 1.24. The van der Waals surface area contributed by atoms with Gasteiger partial charge in [-0.2, -0.15) is 5.10 Å². The van der Waals surface area contributed by atoms with Gasteiger partial charge in [0, 0.05) is 20.1 Å². The van der Waals surface area contributed by atoms with Gasteiger partial charge in [-0.15, -0.1) is 0 Å². The fourth-order valence-electron chi connectivity index (χ4n) is 2.59. The molecule has 1 aromatic heterocycles. The van der Waals surface area contributed by atoms with Gasteiger partial charge in [0.2, 0.25) is 0 Å². The molecule has 0 saturated carbocycles. The lowest BCUT2D eigenvalue weighted by Crippen LogP contribution is -2.21. The Kier molecular flexibility index (Phi) is 3.87. The van der Waals surface area contributed by atoms with Gasteiger partial charge < -0.3 is 16.0 Å². The van der Waals surface area contributed by atoms with Crippen LogP contribution >= 0.6 is 12.2 Å². The summed E-state index contributed by atoms with van der Waals surface area (Å²) >= 11 is 5.09. The number of thiocarbonyl (C=S) groups is 1. The van der Waals surface area contributed by atoms with Gasteiger partial charge in [0.15, 0.2) is 0 Å². The van der Waals surface area contributed by atoms with Gasteiger partial charge >= 0.3 is 0 Å². The van der Waals surface area contributed by atoms with Crippen molar-refractivity contribution in [2.45, 2.75) is 13.3 Å². The van der Waals surface area contributed by atoms with Crippen LogP contribution < -0.4 is 11.1 Å². The van der Waals surface area contributed by atoms with Crippen molar-refractivity contribution in [2.75, 3.05) is 32.0 Å². The molecule has 0 aromatic carbocycles. The first-order valence-electron chi connectivity index (χ1n) is 6.25. The van der Waals surface area contributed by atoms with Crippen molar-refractivity contribution in [3.63, 3.8) is 0 Å². The van der Waals surface area contributed by atoms with Crippen LogP contribution in [0.3, 0.4) is 0 Å². The lowest BCUT2D eigenvalue weighted by Gasteiger charge is -2.14. The van der Waals surface area contributed by atoms with Crippen molar-refractivity contribution in [3.05, 3.63) is 11.3 Å². The molecule has 0 bridgehead atoms. The van der Waals surface area contributed by atoms with Crippen molar-refractivity contribution < 1.29 is 0 Å². The second-order valence-electron chi connectivity index (χ2n) is 5.09. The van der Waals surface area contributed by atoms with E-state index < -0.39 is 0 Å². The van der Waals surface area contributed by atoms with E-state index in [2.05, 4.69) is 22.4 Å². The molecule has 1 aliphatic rings. The van der Waals surface area contributed by atoms with E-state index in [0.29, 0.717) is 10.9 Å². The molecule has 18 heavy (non-hydrogen) atoms. The number of nitrogens with one attached hydrogen (secondary N) is 1. The predicted molar refractivity (Wildman–Crippen MR) is 77.9 cm³/mol. The monoisotopic (exact) mass is 267 g/mol. The van der Waals surface area contributed by atoms with Gasteiger partial charge in [-0.05, 0) is 32.9 Å². The van der Waals surface area contributed by atoms with Crippen molar-refractivity contribution in [1.82, 2.24) is 14.7 Å². The standard InChI is InChI=1S/C12H21N5S/c1-8-10(11(13)18)12(17(3)15-8)14-6-9-4-5-16(2)7-9/h9,14H,4-7H2,1-3H3,(H2,13,18). The van der Waals surface area contributed by atoms with Crippen molar-refractivity contribution in [2.24, 2.45) is 18.7 Å². The van der Waals surface area contributed by atoms with E-state index >= 15 is 0 Å². The quantitative estimate of drug-likeness (QED) is 0.788. The van der Waals surface area contributed by atoms with Crippen LogP contribution in [0.15, 0.2) is 0 Å². The normalized spacial score (nSPS) is 20.3. The number of rotatable bonds is 4. The summed E-state index contributed by atoms with van der Waals surface area (Å²) in [5.74, 6) is 1.62. The predicted octanol–water partition coefficient (Wildman–Crippen LogP) is 0.726. The lowest BCUT2D eigenvalue weighted by molar-refractivity contribution is 0.399. The van der Waals surface area contributed by atoms with Gasteiger partial charge in [0.1, 0.15) is 10.8 Å². The number of aromatic nitrogens is 2. The molecule has 1 aliphatic heterocycles. The molecule has 0 amide bonds. The van der Waals surface area contributed by atoms with Crippen LogP contribution in [0, 0.1) is 12.8 Å². The van der Waals surface area contributed by atoms with E-state index in [4.69, 9.17) is 18.0 Å². The highest BCUT2D eigenvalue weighted by Gasteiger charge is 2.21. The number of nitrogens with two attached hydrogens (primary N) is 1. The average molecular weight is 267 g/mol. The SMILES string of the molecule is Cc1nn(C)c(NCC2CCN(C)C2)c1C(N)=S. The van der Waals surface area contributed by atoms with Crippen LogP contribution in [0.5, 0.6) is 0 Å². The Bertz CT molecular complexity index is 454. The van der Waals surface area contributed by atoms with E-state index in [9.17, 15) is 0 Å². The van der Waals surface area contributed by atoms with Crippen LogP contribution in [0.4, 0.5) is 5.82 Å². The third-order valence-electron chi connectivity index (χ3n) is 3.52. The van der Waals surface area contributed by atoms with Gasteiger partial charge in [0.05, 0.1) is 11.3 Å². The third kappa shape index (κ3) is 2.64. The topological polar surface area (TPSA) is 59.1 Å². The second kappa shape index (κ2) is 5.24. The number of anilines is 1. The molecular formula is C12H21N5S. The van der Waals surface area contributed by atoms with Crippen LogP contribution in [0.1, 0.15) is 17.7 Å². The molecule has 1 unspecified atom stereocenters. The summed E-state index contributed by atoms with van der Waals surface area (Å²) in [5.41, 5.74) is 7.52.